The number of hydrogen-bond acceptors (Lipinski definition) is 3. The molecule has 0 unspecified atom stereocenters. The van der Waals surface area contributed by atoms with Crippen molar-refractivity contribution in [2.45, 2.75) is 24.9 Å². The average Bonchev–Trinajstić information content (AvgIpc) is 3.29. The number of carbonyl (C=O) groups excluding carboxylic acids is 1. The highest BCUT2D eigenvalue weighted by Crippen LogP contribution is 2.62. The van der Waals surface area contributed by atoms with Gasteiger partial charge in [0.25, 0.3) is 5.91 Å². The lowest BCUT2D eigenvalue weighted by Crippen LogP contribution is -2.24. The Balaban J connectivity index is 1.88. The van der Waals surface area contributed by atoms with Crippen molar-refractivity contribution in [1.82, 2.24) is 5.32 Å². The quantitative estimate of drug-likeness (QED) is 0.565. The van der Waals surface area contributed by atoms with E-state index in [1.807, 2.05) is 0 Å². The van der Waals surface area contributed by atoms with Crippen molar-refractivity contribution in [3.05, 3.63) is 33.1 Å². The zero-order valence-electron chi connectivity index (χ0n) is 12.8. The van der Waals surface area contributed by atoms with Gasteiger partial charge in [-0.1, -0.05) is 12.8 Å². The summed E-state index contributed by atoms with van der Waals surface area (Å²) in [5, 5.41) is 3.11. The number of nitrogens with one attached hydrogen (secondary N) is 1. The topological polar surface area (TPSA) is 86.6 Å². The molecule has 0 bridgehead atoms. The summed E-state index contributed by atoms with van der Waals surface area (Å²) in [5.74, 6) is 0.384. The van der Waals surface area contributed by atoms with Crippen molar-refractivity contribution in [3.8, 4) is 0 Å². The van der Waals surface area contributed by atoms with Crippen LogP contribution < -0.4 is 5.32 Å². The maximum atomic E-state index is 14.0. The Kier molecular flexibility index (Phi) is 5.07. The van der Waals surface area contributed by atoms with E-state index in [-0.39, 0.29) is 10.4 Å². The lowest BCUT2D eigenvalue weighted by atomic mass is 10.1. The molecule has 0 saturated heterocycles. The molecule has 1 heterocycles. The zero-order valence-corrected chi connectivity index (χ0v) is 16.1. The van der Waals surface area contributed by atoms with Gasteiger partial charge >= 0.3 is 13.3 Å². The van der Waals surface area contributed by atoms with Crippen molar-refractivity contribution >= 4 is 50.9 Å². The molecular weight excluding hydrogens is 439 g/mol. The van der Waals surface area contributed by atoms with Gasteiger partial charge in [0.15, 0.2) is 0 Å². The minimum Gasteiger partial charge on any atom is -0.352 e. The Bertz CT molecular complexity index is 878. The first-order valence-electron chi connectivity index (χ1n) is 7.55. The van der Waals surface area contributed by atoms with E-state index in [1.54, 1.807) is 0 Å². The predicted octanol–water partition coefficient (Wildman–Crippen LogP) is 4.42. The van der Waals surface area contributed by atoms with Crippen molar-refractivity contribution in [3.63, 3.8) is 0 Å². The largest absolute Gasteiger partial charge is 0.400 e. The maximum Gasteiger partial charge on any atom is 0.400 e. The minimum absolute atomic E-state index is 0.103. The highest BCUT2D eigenvalue weighted by molar-refractivity contribution is 9.10. The van der Waals surface area contributed by atoms with Gasteiger partial charge in [0, 0.05) is 26.7 Å². The number of hydrogen-bond donors (Lipinski definition) is 3. The van der Waals surface area contributed by atoms with Gasteiger partial charge in [-0.15, -0.1) is 11.3 Å². The average molecular weight is 454 g/mol. The van der Waals surface area contributed by atoms with Gasteiger partial charge in [0.2, 0.25) is 0 Å². The molecule has 25 heavy (non-hydrogen) atoms. The zero-order chi connectivity index (χ0) is 18.4. The smallest absolute Gasteiger partial charge is 0.352 e. The summed E-state index contributed by atoms with van der Waals surface area (Å²) < 4.78 is 39.4. The Labute approximate surface area is 154 Å². The van der Waals surface area contributed by atoms with Crippen LogP contribution in [-0.2, 0) is 10.2 Å². The van der Waals surface area contributed by atoms with Crippen LogP contribution in [0.5, 0.6) is 0 Å². The highest BCUT2D eigenvalue weighted by atomic mass is 79.9. The van der Waals surface area contributed by atoms with Crippen LogP contribution in [0.15, 0.2) is 22.7 Å². The van der Waals surface area contributed by atoms with E-state index < -0.39 is 18.1 Å². The number of fused-ring (bicyclic) bond motifs is 1. The van der Waals surface area contributed by atoms with Gasteiger partial charge in [-0.25, -0.2) is 0 Å². The standard InChI is InChI=1S/C15H15BrF2NO4PS/c16-12-10-7-9(14(20)19-6-5-8-1-2-8)3-4-11(10)25-13(12)15(17,18)24(21,22)23/h3-4,7-8H,1-2,5-6H2,(H,19,20)(H2,21,22,23). The van der Waals surface area contributed by atoms with Crippen molar-refractivity contribution < 1.29 is 27.9 Å². The molecule has 1 aromatic carbocycles. The molecule has 3 N–H and O–H groups in total. The molecule has 1 aliphatic carbocycles. The van der Waals surface area contributed by atoms with E-state index in [0.717, 1.165) is 6.42 Å². The van der Waals surface area contributed by atoms with Crippen molar-refractivity contribution in [2.75, 3.05) is 6.54 Å². The van der Waals surface area contributed by atoms with Gasteiger partial charge in [-0.2, -0.15) is 8.78 Å². The maximum absolute atomic E-state index is 14.0. The van der Waals surface area contributed by atoms with Crippen LogP contribution in [0.1, 0.15) is 34.5 Å². The van der Waals surface area contributed by atoms with Crippen LogP contribution in [0.4, 0.5) is 8.78 Å². The Hall–Kier alpha value is -0.860. The second-order valence-corrected chi connectivity index (χ2v) is 9.52. The van der Waals surface area contributed by atoms with E-state index in [2.05, 4.69) is 21.2 Å². The van der Waals surface area contributed by atoms with E-state index in [0.29, 0.717) is 39.4 Å². The number of carbonyl (C=O) groups is 1. The molecule has 2 aromatic rings. The third-order valence-corrected chi connectivity index (χ3v) is 7.50. The third-order valence-electron chi connectivity index (χ3n) is 4.06. The molecule has 1 aliphatic rings. The second kappa shape index (κ2) is 6.70. The number of benzene rings is 1. The molecular formula is C15H15BrF2NO4PS. The summed E-state index contributed by atoms with van der Waals surface area (Å²) in [6, 6.07) is 4.46. The van der Waals surface area contributed by atoms with Gasteiger partial charge in [-0.05, 0) is 46.5 Å². The third kappa shape index (κ3) is 3.80. The van der Waals surface area contributed by atoms with Crippen LogP contribution >= 0.6 is 34.9 Å². The number of rotatable bonds is 6. The summed E-state index contributed by atoms with van der Waals surface area (Å²) in [5.41, 5.74) is -3.98. The molecule has 0 radical (unpaired) electrons. The molecule has 1 saturated carbocycles. The molecule has 0 spiro atoms. The van der Waals surface area contributed by atoms with E-state index in [4.69, 9.17) is 9.79 Å². The molecule has 5 nitrogen and oxygen atoms in total. The van der Waals surface area contributed by atoms with Crippen molar-refractivity contribution in [2.24, 2.45) is 5.92 Å². The molecule has 0 atom stereocenters. The van der Waals surface area contributed by atoms with Gasteiger partial charge in [0.1, 0.15) is 4.88 Å². The first-order valence-corrected chi connectivity index (χ1v) is 10.8. The van der Waals surface area contributed by atoms with E-state index >= 15 is 0 Å². The fourth-order valence-corrected chi connectivity index (χ4v) is 5.36. The van der Waals surface area contributed by atoms with Gasteiger partial charge in [0.05, 0.1) is 0 Å². The van der Waals surface area contributed by atoms with Crippen LogP contribution in [0, 0.1) is 5.92 Å². The normalized spacial score (nSPS) is 15.6. The predicted molar refractivity (Wildman–Crippen MR) is 95.1 cm³/mol. The van der Waals surface area contributed by atoms with Crippen molar-refractivity contribution in [1.29, 1.82) is 0 Å². The van der Waals surface area contributed by atoms with Gasteiger partial charge < -0.3 is 15.1 Å². The molecule has 1 fully saturated rings. The fourth-order valence-electron chi connectivity index (χ4n) is 2.43. The summed E-state index contributed by atoms with van der Waals surface area (Å²) >= 11 is 3.59. The highest BCUT2D eigenvalue weighted by Gasteiger charge is 2.53. The molecule has 1 aromatic heterocycles. The Morgan fingerprint density at radius 1 is 1.40 bits per heavy atom. The molecule has 1 amide bonds. The monoisotopic (exact) mass is 453 g/mol. The summed E-state index contributed by atoms with van der Waals surface area (Å²) in [4.78, 5) is 29.3. The number of halogens is 3. The Morgan fingerprint density at radius 3 is 2.68 bits per heavy atom. The summed E-state index contributed by atoms with van der Waals surface area (Å²) in [7, 11) is -5.65. The first kappa shape index (κ1) is 18.9. The summed E-state index contributed by atoms with van der Waals surface area (Å²) in [6.45, 7) is 0.563. The van der Waals surface area contributed by atoms with Crippen LogP contribution in [0.25, 0.3) is 10.1 Å². The minimum atomic E-state index is -5.65. The SMILES string of the molecule is O=C(NCCC1CC1)c1ccc2sc(C(F)(F)P(=O)(O)O)c(Br)c2c1. The second-order valence-electron chi connectivity index (χ2n) is 6.03. The lowest BCUT2D eigenvalue weighted by molar-refractivity contribution is 0.0595. The van der Waals surface area contributed by atoms with Crippen LogP contribution in [-0.4, -0.2) is 22.2 Å². The van der Waals surface area contributed by atoms with E-state index in [1.165, 1.54) is 31.0 Å². The number of amides is 1. The number of alkyl halides is 2. The first-order chi connectivity index (χ1) is 11.6. The van der Waals surface area contributed by atoms with Crippen LogP contribution in [0.3, 0.4) is 0 Å². The molecule has 3 rings (SSSR count). The van der Waals surface area contributed by atoms with Gasteiger partial charge in [-0.3, -0.25) is 9.36 Å². The molecule has 0 aliphatic heterocycles. The molecule has 136 valence electrons. The molecule has 10 heteroatoms. The Morgan fingerprint density at radius 2 is 2.08 bits per heavy atom. The number of thiophene rings is 1. The summed E-state index contributed by atoms with van der Waals surface area (Å²) in [6.07, 6.45) is 3.31. The van der Waals surface area contributed by atoms with E-state index in [9.17, 15) is 18.1 Å². The fraction of sp³-hybridized carbons (Fsp3) is 0.400. The lowest BCUT2D eigenvalue weighted by Gasteiger charge is -2.16. The van der Waals surface area contributed by atoms with Crippen LogP contribution in [0.2, 0.25) is 0 Å².